The van der Waals surface area contributed by atoms with E-state index in [0.29, 0.717) is 0 Å². The molecule has 0 saturated carbocycles. The average Bonchev–Trinajstić information content (AvgIpc) is 1.88. The predicted molar refractivity (Wildman–Crippen MR) is 45.7 cm³/mol. The highest BCUT2D eigenvalue weighted by molar-refractivity contribution is 5.61. The molecule has 11 heavy (non-hydrogen) atoms. The second-order valence-electron chi connectivity index (χ2n) is 2.09. The van der Waals surface area contributed by atoms with Crippen LogP contribution in [0.2, 0.25) is 0 Å². The zero-order chi connectivity index (χ0) is 9.11. The minimum absolute atomic E-state index is 1.17. The van der Waals surface area contributed by atoms with E-state index in [1.807, 2.05) is 0 Å². The van der Waals surface area contributed by atoms with Crippen molar-refractivity contribution in [2.75, 3.05) is 13.1 Å². The Morgan fingerprint density at radius 3 is 1.82 bits per heavy atom. The molecule has 0 aliphatic rings. The second kappa shape index (κ2) is 12.0. The van der Waals surface area contributed by atoms with Crippen LogP contribution < -0.4 is 11.1 Å². The summed E-state index contributed by atoms with van der Waals surface area (Å²) in [5.41, 5.74) is 4.03. The zero-order valence-electron chi connectivity index (χ0n) is 7.26. The van der Waals surface area contributed by atoms with Gasteiger partial charge in [-0.3, -0.25) is 0 Å². The molecule has 4 heteroatoms. The fraction of sp³-hybridized carbons (Fsp3) is 0.857. The molecule has 0 bridgehead atoms. The summed E-state index contributed by atoms with van der Waals surface area (Å²) in [6.45, 7) is 6.72. The maximum absolute atomic E-state index is 8.78. The van der Waals surface area contributed by atoms with Crippen LogP contribution in [0.15, 0.2) is 0 Å². The summed E-state index contributed by atoms with van der Waals surface area (Å²) in [5.74, 6) is 0. The molecule has 1 amide bonds. The van der Waals surface area contributed by atoms with Crippen molar-refractivity contribution in [3.63, 3.8) is 0 Å². The predicted octanol–water partition coefficient (Wildman–Crippen LogP) is 1.02. The quantitative estimate of drug-likeness (QED) is 0.540. The lowest BCUT2D eigenvalue weighted by molar-refractivity contribution is 0.205. The number of carbonyl (C=O) groups is 1. The van der Waals surface area contributed by atoms with Crippen LogP contribution in [-0.4, -0.2) is 24.3 Å². The number of nitrogens with one attached hydrogen (secondary N) is 1. The van der Waals surface area contributed by atoms with Gasteiger partial charge in [0.05, 0.1) is 0 Å². The van der Waals surface area contributed by atoms with Gasteiger partial charge in [0.15, 0.2) is 0 Å². The second-order valence-corrected chi connectivity index (χ2v) is 2.09. The fourth-order valence-corrected chi connectivity index (χ4v) is 0.479. The molecular formula is C7H18N2O2. The van der Waals surface area contributed by atoms with Gasteiger partial charge in [0.2, 0.25) is 0 Å². The Morgan fingerprint density at radius 1 is 1.36 bits per heavy atom. The number of nitrogens with two attached hydrogens (primary N) is 1. The normalized spacial score (nSPS) is 8.18. The highest BCUT2D eigenvalue weighted by atomic mass is 16.4. The van der Waals surface area contributed by atoms with Crippen molar-refractivity contribution in [1.82, 2.24) is 5.32 Å². The topological polar surface area (TPSA) is 75.3 Å². The Kier molecular flexibility index (Phi) is 14.0. The molecule has 0 fully saturated rings. The number of hydrogen-bond acceptors (Lipinski definition) is 2. The van der Waals surface area contributed by atoms with Gasteiger partial charge in [-0.2, -0.15) is 0 Å². The van der Waals surface area contributed by atoms with Gasteiger partial charge in [0, 0.05) is 0 Å². The zero-order valence-corrected chi connectivity index (χ0v) is 7.26. The van der Waals surface area contributed by atoms with Crippen molar-refractivity contribution in [3.8, 4) is 0 Å². The molecule has 0 aliphatic carbocycles. The van der Waals surface area contributed by atoms with Crippen LogP contribution in [0, 0.1) is 0 Å². The van der Waals surface area contributed by atoms with E-state index in [1.54, 1.807) is 0 Å². The van der Waals surface area contributed by atoms with Gasteiger partial charge >= 0.3 is 6.09 Å². The molecule has 0 aliphatic heterocycles. The minimum atomic E-state index is -1.33. The molecule has 0 unspecified atom stereocenters. The molecule has 0 radical (unpaired) electrons. The number of rotatable bonds is 4. The van der Waals surface area contributed by atoms with Gasteiger partial charge in [0.25, 0.3) is 0 Å². The lowest BCUT2D eigenvalue weighted by atomic mass is 10.4. The maximum atomic E-state index is 8.78. The molecular weight excluding hydrogens is 144 g/mol. The third-order valence-corrected chi connectivity index (χ3v) is 0.854. The Hall–Kier alpha value is -0.770. The van der Waals surface area contributed by atoms with Crippen molar-refractivity contribution in [2.24, 2.45) is 5.73 Å². The van der Waals surface area contributed by atoms with Gasteiger partial charge in [-0.25, -0.2) is 4.79 Å². The minimum Gasteiger partial charge on any atom is -0.465 e. The number of carboxylic acid groups (broad SMARTS) is 1. The summed E-state index contributed by atoms with van der Waals surface area (Å²) in [7, 11) is 0. The number of primary amides is 1. The van der Waals surface area contributed by atoms with Crippen LogP contribution in [0.4, 0.5) is 4.79 Å². The standard InChI is InChI=1S/C6H15N.CH3NO2/c1-3-5-7-6-4-2;2-1(3)4/h7H,3-6H2,1-2H3;2H2,(H,3,4). The molecule has 4 nitrogen and oxygen atoms in total. The van der Waals surface area contributed by atoms with Crippen LogP contribution in [0.3, 0.4) is 0 Å². The molecule has 0 aromatic rings. The largest absolute Gasteiger partial charge is 0.465 e. The van der Waals surface area contributed by atoms with E-state index >= 15 is 0 Å². The van der Waals surface area contributed by atoms with Crippen LogP contribution in [0.25, 0.3) is 0 Å². The van der Waals surface area contributed by atoms with Crippen molar-refractivity contribution >= 4 is 6.09 Å². The Balaban J connectivity index is 0. The van der Waals surface area contributed by atoms with Gasteiger partial charge in [-0.15, -0.1) is 0 Å². The third kappa shape index (κ3) is 46.2. The first kappa shape index (κ1) is 12.9. The van der Waals surface area contributed by atoms with E-state index < -0.39 is 6.09 Å². The average molecular weight is 162 g/mol. The highest BCUT2D eigenvalue weighted by Crippen LogP contribution is 1.71. The van der Waals surface area contributed by atoms with E-state index in [9.17, 15) is 0 Å². The third-order valence-electron chi connectivity index (χ3n) is 0.854. The molecule has 0 spiro atoms. The van der Waals surface area contributed by atoms with Crippen LogP contribution in [-0.2, 0) is 0 Å². The summed E-state index contributed by atoms with van der Waals surface area (Å²) in [5, 5.41) is 10.5. The monoisotopic (exact) mass is 162 g/mol. The van der Waals surface area contributed by atoms with E-state index in [1.165, 1.54) is 25.9 Å². The van der Waals surface area contributed by atoms with Gasteiger partial charge in [-0.1, -0.05) is 13.8 Å². The summed E-state index contributed by atoms with van der Waals surface area (Å²) >= 11 is 0. The Morgan fingerprint density at radius 2 is 1.64 bits per heavy atom. The number of hydrogen-bond donors (Lipinski definition) is 3. The fourth-order valence-electron chi connectivity index (χ4n) is 0.479. The molecule has 0 atom stereocenters. The lowest BCUT2D eigenvalue weighted by Gasteiger charge is -1.95. The SMILES string of the molecule is CCCNCCC.NC(=O)O. The van der Waals surface area contributed by atoms with E-state index in [4.69, 9.17) is 9.90 Å². The summed E-state index contributed by atoms with van der Waals surface area (Å²) in [4.78, 5) is 8.78. The molecule has 68 valence electrons. The van der Waals surface area contributed by atoms with Gasteiger partial charge in [0.1, 0.15) is 0 Å². The molecule has 0 rings (SSSR count). The van der Waals surface area contributed by atoms with Crippen LogP contribution in [0.1, 0.15) is 26.7 Å². The Labute approximate surface area is 67.8 Å². The van der Waals surface area contributed by atoms with E-state index in [-0.39, 0.29) is 0 Å². The highest BCUT2D eigenvalue weighted by Gasteiger charge is 1.76. The molecule has 0 heterocycles. The summed E-state index contributed by atoms with van der Waals surface area (Å²) in [6.07, 6.45) is 1.17. The van der Waals surface area contributed by atoms with Crippen molar-refractivity contribution < 1.29 is 9.90 Å². The Bertz CT molecular complexity index is 78.5. The first-order valence-electron chi connectivity index (χ1n) is 3.84. The lowest BCUT2D eigenvalue weighted by Crippen LogP contribution is -2.14. The molecule has 0 saturated heterocycles. The molecule has 0 aromatic heterocycles. The van der Waals surface area contributed by atoms with Crippen molar-refractivity contribution in [2.45, 2.75) is 26.7 Å². The first-order chi connectivity index (χ1) is 5.15. The molecule has 0 aromatic carbocycles. The first-order valence-corrected chi connectivity index (χ1v) is 3.84. The number of amides is 1. The summed E-state index contributed by atoms with van der Waals surface area (Å²) < 4.78 is 0. The van der Waals surface area contributed by atoms with Crippen LogP contribution >= 0.6 is 0 Å². The maximum Gasteiger partial charge on any atom is 0.402 e. The van der Waals surface area contributed by atoms with Gasteiger partial charge in [-0.05, 0) is 25.9 Å². The van der Waals surface area contributed by atoms with Crippen molar-refractivity contribution in [1.29, 1.82) is 0 Å². The van der Waals surface area contributed by atoms with Crippen molar-refractivity contribution in [3.05, 3.63) is 0 Å². The van der Waals surface area contributed by atoms with E-state index in [2.05, 4.69) is 24.9 Å². The van der Waals surface area contributed by atoms with Crippen LogP contribution in [0.5, 0.6) is 0 Å². The molecule has 4 N–H and O–H groups in total. The smallest absolute Gasteiger partial charge is 0.402 e. The van der Waals surface area contributed by atoms with Gasteiger partial charge < -0.3 is 16.2 Å². The van der Waals surface area contributed by atoms with E-state index in [0.717, 1.165) is 0 Å². The summed E-state index contributed by atoms with van der Waals surface area (Å²) in [6, 6.07) is 0.